The zero-order valence-corrected chi connectivity index (χ0v) is 10.7. The minimum Gasteiger partial charge on any atom is -0.306 e. The third-order valence-electron chi connectivity index (χ3n) is 1.83. The van der Waals surface area contributed by atoms with Crippen LogP contribution in [0.3, 0.4) is 0 Å². The molecule has 7 heteroatoms. The van der Waals surface area contributed by atoms with Gasteiger partial charge in [-0.3, -0.25) is 4.79 Å². The molecule has 0 spiro atoms. The summed E-state index contributed by atoms with van der Waals surface area (Å²) in [6.07, 6.45) is 1.62. The molecule has 0 bridgehead atoms. The van der Waals surface area contributed by atoms with Crippen molar-refractivity contribution in [3.05, 3.63) is 33.4 Å². The number of nitrogens with one attached hydrogen (secondary N) is 1. The Morgan fingerprint density at radius 1 is 1.50 bits per heavy atom. The monoisotopic (exact) mass is 298 g/mol. The predicted octanol–water partition coefficient (Wildman–Crippen LogP) is 2.26. The molecule has 0 aliphatic rings. The fourth-order valence-corrected chi connectivity index (χ4v) is 1.85. The quantitative estimate of drug-likeness (QED) is 0.923. The van der Waals surface area contributed by atoms with Crippen LogP contribution < -0.4 is 5.32 Å². The minimum absolute atomic E-state index is 0.234. The highest BCUT2D eigenvalue weighted by molar-refractivity contribution is 9.10. The standard InChI is InChI=1S/C9H7BrN4OS/c1-5-8(16-14-13-5)9(15)12-7-3-2-6(10)4-11-7/h2-4H,1H3,(H,11,12,15). The molecule has 0 atom stereocenters. The Balaban J connectivity index is 2.14. The van der Waals surface area contributed by atoms with Gasteiger partial charge in [0.2, 0.25) is 0 Å². The van der Waals surface area contributed by atoms with Gasteiger partial charge in [0.05, 0.1) is 5.69 Å². The van der Waals surface area contributed by atoms with E-state index in [9.17, 15) is 4.79 Å². The van der Waals surface area contributed by atoms with Crippen LogP contribution in [0, 0.1) is 6.92 Å². The second-order valence-corrected chi connectivity index (χ2v) is 4.67. The maximum absolute atomic E-state index is 11.7. The van der Waals surface area contributed by atoms with Gasteiger partial charge in [0.25, 0.3) is 5.91 Å². The van der Waals surface area contributed by atoms with Crippen molar-refractivity contribution in [3.8, 4) is 0 Å². The van der Waals surface area contributed by atoms with Crippen LogP contribution in [0.5, 0.6) is 0 Å². The molecule has 5 nitrogen and oxygen atoms in total. The van der Waals surface area contributed by atoms with Crippen molar-refractivity contribution >= 4 is 39.2 Å². The summed E-state index contributed by atoms with van der Waals surface area (Å²) in [5.41, 5.74) is 0.625. The number of carbonyl (C=O) groups excluding carboxylic acids is 1. The van der Waals surface area contributed by atoms with Crippen LogP contribution >= 0.6 is 27.5 Å². The average Bonchev–Trinajstić information content (AvgIpc) is 2.68. The lowest BCUT2D eigenvalue weighted by molar-refractivity contribution is 0.102. The van der Waals surface area contributed by atoms with E-state index in [4.69, 9.17) is 0 Å². The fourth-order valence-electron chi connectivity index (χ4n) is 1.06. The molecule has 1 amide bonds. The number of pyridine rings is 1. The fraction of sp³-hybridized carbons (Fsp3) is 0.111. The van der Waals surface area contributed by atoms with E-state index in [1.807, 2.05) is 0 Å². The normalized spacial score (nSPS) is 10.1. The molecular formula is C9H7BrN4OS. The smallest absolute Gasteiger partial charge is 0.270 e. The van der Waals surface area contributed by atoms with Gasteiger partial charge in [-0.2, -0.15) is 0 Å². The first kappa shape index (κ1) is 11.2. The Labute approximate surface area is 104 Å². The first-order chi connectivity index (χ1) is 7.66. The molecule has 82 valence electrons. The topological polar surface area (TPSA) is 67.8 Å². The number of nitrogens with zero attached hydrogens (tertiary/aromatic N) is 3. The van der Waals surface area contributed by atoms with Crippen LogP contribution in [0.2, 0.25) is 0 Å². The van der Waals surface area contributed by atoms with E-state index >= 15 is 0 Å². The van der Waals surface area contributed by atoms with Crippen molar-refractivity contribution in [1.29, 1.82) is 0 Å². The first-order valence-corrected chi connectivity index (χ1v) is 5.95. The van der Waals surface area contributed by atoms with Gasteiger partial charge in [-0.1, -0.05) is 4.49 Å². The van der Waals surface area contributed by atoms with E-state index in [0.717, 1.165) is 16.0 Å². The largest absolute Gasteiger partial charge is 0.306 e. The Morgan fingerprint density at radius 2 is 2.31 bits per heavy atom. The van der Waals surface area contributed by atoms with Gasteiger partial charge in [0.15, 0.2) is 0 Å². The number of anilines is 1. The van der Waals surface area contributed by atoms with E-state index in [0.29, 0.717) is 16.4 Å². The molecule has 2 aromatic heterocycles. The molecule has 0 saturated heterocycles. The molecule has 0 aliphatic carbocycles. The number of amides is 1. The Kier molecular flexibility index (Phi) is 3.25. The number of halogens is 1. The molecular weight excluding hydrogens is 292 g/mol. The molecule has 16 heavy (non-hydrogen) atoms. The molecule has 1 N–H and O–H groups in total. The molecule has 0 aromatic carbocycles. The maximum Gasteiger partial charge on any atom is 0.270 e. The van der Waals surface area contributed by atoms with E-state index in [-0.39, 0.29) is 5.91 Å². The maximum atomic E-state index is 11.7. The lowest BCUT2D eigenvalue weighted by atomic mass is 10.3. The molecule has 0 saturated carbocycles. The van der Waals surface area contributed by atoms with E-state index in [1.54, 1.807) is 25.3 Å². The third kappa shape index (κ3) is 2.42. The zero-order valence-electron chi connectivity index (χ0n) is 8.27. The third-order valence-corrected chi connectivity index (χ3v) is 3.12. The molecule has 0 unspecified atom stereocenters. The summed E-state index contributed by atoms with van der Waals surface area (Å²) in [6, 6.07) is 3.52. The van der Waals surface area contributed by atoms with Gasteiger partial charge in [-0.15, -0.1) is 5.10 Å². The second kappa shape index (κ2) is 4.67. The van der Waals surface area contributed by atoms with E-state index in [2.05, 4.69) is 35.8 Å². The van der Waals surface area contributed by atoms with Gasteiger partial charge in [0, 0.05) is 10.7 Å². The predicted molar refractivity (Wildman–Crippen MR) is 64.5 cm³/mol. The van der Waals surface area contributed by atoms with E-state index < -0.39 is 0 Å². The Morgan fingerprint density at radius 3 is 2.88 bits per heavy atom. The van der Waals surface area contributed by atoms with Crippen molar-refractivity contribution in [2.45, 2.75) is 6.92 Å². The van der Waals surface area contributed by atoms with Crippen molar-refractivity contribution < 1.29 is 4.79 Å². The number of carbonyl (C=O) groups is 1. The van der Waals surface area contributed by atoms with E-state index in [1.165, 1.54) is 0 Å². The summed E-state index contributed by atoms with van der Waals surface area (Å²) in [4.78, 5) is 16.3. The Bertz CT molecular complexity index is 510. The highest BCUT2D eigenvalue weighted by Crippen LogP contribution is 2.14. The van der Waals surface area contributed by atoms with Gasteiger partial charge >= 0.3 is 0 Å². The molecule has 2 rings (SSSR count). The highest BCUT2D eigenvalue weighted by Gasteiger charge is 2.13. The lowest BCUT2D eigenvalue weighted by Gasteiger charge is -2.01. The molecule has 0 fully saturated rings. The SMILES string of the molecule is Cc1nnsc1C(=O)Nc1ccc(Br)cn1. The molecule has 0 aliphatic heterocycles. The van der Waals surface area contributed by atoms with Crippen molar-refractivity contribution in [2.24, 2.45) is 0 Å². The summed E-state index contributed by atoms with van der Waals surface area (Å²) in [5.74, 6) is 0.267. The number of aryl methyl sites for hydroxylation is 1. The second-order valence-electron chi connectivity index (χ2n) is 3.00. The van der Waals surface area contributed by atoms with Gasteiger partial charge in [-0.25, -0.2) is 4.98 Å². The van der Waals surface area contributed by atoms with Gasteiger partial charge in [-0.05, 0) is 46.5 Å². The van der Waals surface area contributed by atoms with Gasteiger partial charge in [0.1, 0.15) is 10.7 Å². The average molecular weight is 299 g/mol. The number of hydrogen-bond acceptors (Lipinski definition) is 5. The van der Waals surface area contributed by atoms with Crippen LogP contribution in [0.4, 0.5) is 5.82 Å². The van der Waals surface area contributed by atoms with Crippen LogP contribution in [0.1, 0.15) is 15.4 Å². The summed E-state index contributed by atoms with van der Waals surface area (Å²) in [5, 5.41) is 6.45. The summed E-state index contributed by atoms with van der Waals surface area (Å²) in [7, 11) is 0. The summed E-state index contributed by atoms with van der Waals surface area (Å²) < 4.78 is 4.56. The first-order valence-electron chi connectivity index (χ1n) is 4.38. The number of hydrogen-bond donors (Lipinski definition) is 1. The number of rotatable bonds is 2. The van der Waals surface area contributed by atoms with Crippen molar-refractivity contribution in [2.75, 3.05) is 5.32 Å². The van der Waals surface area contributed by atoms with Crippen molar-refractivity contribution in [3.63, 3.8) is 0 Å². The zero-order chi connectivity index (χ0) is 11.5. The summed E-state index contributed by atoms with van der Waals surface area (Å²) in [6.45, 7) is 1.74. The van der Waals surface area contributed by atoms with Crippen molar-refractivity contribution in [1.82, 2.24) is 14.6 Å². The van der Waals surface area contributed by atoms with Crippen LogP contribution in [0.15, 0.2) is 22.8 Å². The van der Waals surface area contributed by atoms with Crippen LogP contribution in [-0.4, -0.2) is 20.5 Å². The molecule has 0 radical (unpaired) electrons. The van der Waals surface area contributed by atoms with Gasteiger partial charge < -0.3 is 5.32 Å². The highest BCUT2D eigenvalue weighted by atomic mass is 79.9. The van der Waals surface area contributed by atoms with Crippen LogP contribution in [0.25, 0.3) is 0 Å². The lowest BCUT2D eigenvalue weighted by Crippen LogP contribution is -2.12. The minimum atomic E-state index is -0.234. The Hall–Kier alpha value is -1.34. The molecule has 2 heterocycles. The summed E-state index contributed by atoms with van der Waals surface area (Å²) >= 11 is 4.34. The van der Waals surface area contributed by atoms with Crippen LogP contribution in [-0.2, 0) is 0 Å². The molecule has 2 aromatic rings. The number of aromatic nitrogens is 3.